The minimum atomic E-state index is 0.356. The molecule has 1 aromatic carbocycles. The predicted molar refractivity (Wildman–Crippen MR) is 87.7 cm³/mol. The fraction of sp³-hybridized carbons (Fsp3) is 0.467. The molecule has 1 atom stereocenters. The van der Waals surface area contributed by atoms with Gasteiger partial charge in [0.2, 0.25) is 0 Å². The van der Waals surface area contributed by atoms with Gasteiger partial charge in [0, 0.05) is 11.8 Å². The van der Waals surface area contributed by atoms with Crippen LogP contribution in [0.1, 0.15) is 35.2 Å². The Morgan fingerprint density at radius 2 is 1.95 bits per heavy atom. The second-order valence-corrected chi connectivity index (χ2v) is 6.99. The van der Waals surface area contributed by atoms with Crippen LogP contribution in [0, 0.1) is 20.8 Å². The molecule has 0 aliphatic heterocycles. The van der Waals surface area contributed by atoms with E-state index in [0.717, 1.165) is 16.6 Å². The van der Waals surface area contributed by atoms with Crippen LogP contribution in [0.15, 0.2) is 22.8 Å². The van der Waals surface area contributed by atoms with E-state index in [1.165, 1.54) is 33.8 Å². The first-order valence-electron chi connectivity index (χ1n) is 6.82. The first kappa shape index (κ1) is 15.5. The van der Waals surface area contributed by atoms with E-state index in [0.29, 0.717) is 6.04 Å². The summed E-state index contributed by atoms with van der Waals surface area (Å²) in [5.41, 5.74) is 5.49. The molecule has 0 bridgehead atoms. The van der Waals surface area contributed by atoms with E-state index in [1.54, 1.807) is 18.1 Å². The fourth-order valence-corrected chi connectivity index (χ4v) is 4.15. The molecule has 1 N–H and O–H groups in total. The molecule has 20 heavy (non-hydrogen) atoms. The molecule has 2 aromatic rings. The minimum Gasteiger partial charge on any atom is -0.309 e. The maximum Gasteiger partial charge on any atom is 0.169 e. The van der Waals surface area contributed by atoms with Gasteiger partial charge in [0.25, 0.3) is 0 Å². The van der Waals surface area contributed by atoms with Crippen LogP contribution in [0.25, 0.3) is 0 Å². The number of aryl methyl sites for hydroxylation is 3. The number of rotatable bonds is 6. The number of hydrogen-bond acceptors (Lipinski definition) is 5. The summed E-state index contributed by atoms with van der Waals surface area (Å²) >= 11 is 3.24. The Morgan fingerprint density at radius 1 is 1.25 bits per heavy atom. The van der Waals surface area contributed by atoms with E-state index in [-0.39, 0.29) is 0 Å². The first-order valence-corrected chi connectivity index (χ1v) is 8.58. The van der Waals surface area contributed by atoms with Crippen LogP contribution in [0.2, 0.25) is 0 Å². The van der Waals surface area contributed by atoms with Crippen molar-refractivity contribution in [2.45, 2.75) is 38.1 Å². The predicted octanol–water partition coefficient (Wildman–Crippen LogP) is 3.91. The molecule has 1 aromatic heterocycles. The van der Waals surface area contributed by atoms with Crippen LogP contribution >= 0.6 is 23.3 Å². The molecule has 0 aliphatic rings. The van der Waals surface area contributed by atoms with E-state index in [4.69, 9.17) is 0 Å². The largest absolute Gasteiger partial charge is 0.309 e. The third-order valence-electron chi connectivity index (χ3n) is 3.25. The van der Waals surface area contributed by atoms with E-state index >= 15 is 0 Å². The maximum atomic E-state index is 4.24. The Balaban J connectivity index is 2.19. The van der Waals surface area contributed by atoms with Gasteiger partial charge in [0.1, 0.15) is 6.33 Å². The van der Waals surface area contributed by atoms with Crippen molar-refractivity contribution in [2.75, 3.05) is 12.3 Å². The van der Waals surface area contributed by atoms with Crippen molar-refractivity contribution in [3.8, 4) is 0 Å². The molecule has 2 rings (SSSR count). The highest BCUT2D eigenvalue weighted by molar-refractivity contribution is 8.00. The summed E-state index contributed by atoms with van der Waals surface area (Å²) < 4.78 is 5.09. The molecule has 3 nitrogen and oxygen atoms in total. The second kappa shape index (κ2) is 7.20. The van der Waals surface area contributed by atoms with Crippen molar-refractivity contribution in [1.29, 1.82) is 0 Å². The molecule has 0 saturated carbocycles. The lowest BCUT2D eigenvalue weighted by Crippen LogP contribution is -2.24. The smallest absolute Gasteiger partial charge is 0.169 e. The molecular formula is C15H21N3S2. The molecule has 0 amide bonds. The Morgan fingerprint density at radius 3 is 2.50 bits per heavy atom. The van der Waals surface area contributed by atoms with Crippen LogP contribution < -0.4 is 5.32 Å². The third-order valence-corrected chi connectivity index (χ3v) is 5.14. The Kier molecular flexibility index (Phi) is 5.57. The van der Waals surface area contributed by atoms with E-state index in [2.05, 4.69) is 54.5 Å². The van der Waals surface area contributed by atoms with Gasteiger partial charge in [-0.05, 0) is 55.5 Å². The molecule has 0 spiro atoms. The molecule has 0 fully saturated rings. The van der Waals surface area contributed by atoms with Crippen LogP contribution in [0.4, 0.5) is 0 Å². The summed E-state index contributed by atoms with van der Waals surface area (Å²) in [7, 11) is 0. The topological polar surface area (TPSA) is 37.8 Å². The summed E-state index contributed by atoms with van der Waals surface area (Å²) in [5.74, 6) is 0.980. The van der Waals surface area contributed by atoms with Crippen molar-refractivity contribution < 1.29 is 0 Å². The Bertz CT molecular complexity index is 529. The molecule has 108 valence electrons. The van der Waals surface area contributed by atoms with Gasteiger partial charge in [0.05, 0.1) is 0 Å². The number of hydrogen-bond donors (Lipinski definition) is 1. The zero-order chi connectivity index (χ0) is 14.5. The molecule has 5 heteroatoms. The summed E-state index contributed by atoms with van der Waals surface area (Å²) in [6.45, 7) is 9.68. The summed E-state index contributed by atoms with van der Waals surface area (Å²) in [4.78, 5) is 4.24. The Hall–Kier alpha value is -0.910. The van der Waals surface area contributed by atoms with Gasteiger partial charge in [-0.2, -0.15) is 4.37 Å². The number of thioether (sulfide) groups is 1. The van der Waals surface area contributed by atoms with Gasteiger partial charge < -0.3 is 5.32 Å². The number of aromatic nitrogens is 2. The van der Waals surface area contributed by atoms with Crippen molar-refractivity contribution in [3.05, 3.63) is 40.7 Å². The van der Waals surface area contributed by atoms with E-state index < -0.39 is 0 Å². The lowest BCUT2D eigenvalue weighted by atomic mass is 9.95. The molecule has 0 aliphatic carbocycles. The van der Waals surface area contributed by atoms with Crippen LogP contribution in [-0.2, 0) is 0 Å². The summed E-state index contributed by atoms with van der Waals surface area (Å²) in [6.07, 6.45) is 1.62. The van der Waals surface area contributed by atoms with Crippen molar-refractivity contribution in [3.63, 3.8) is 0 Å². The summed E-state index contributed by atoms with van der Waals surface area (Å²) in [5, 5.41) is 3.60. The van der Waals surface area contributed by atoms with Crippen molar-refractivity contribution >= 4 is 23.3 Å². The SMILES string of the molecule is CCNC(CSc1ncns1)c1c(C)cc(C)cc1C. The first-order chi connectivity index (χ1) is 9.61. The lowest BCUT2D eigenvalue weighted by Gasteiger charge is -2.22. The fourth-order valence-electron chi connectivity index (χ4n) is 2.61. The normalized spacial score (nSPS) is 12.6. The Labute approximate surface area is 129 Å². The molecule has 0 saturated heterocycles. The van der Waals surface area contributed by atoms with Gasteiger partial charge in [-0.3, -0.25) is 0 Å². The van der Waals surface area contributed by atoms with Crippen LogP contribution in [0.3, 0.4) is 0 Å². The highest BCUT2D eigenvalue weighted by Crippen LogP contribution is 2.29. The van der Waals surface area contributed by atoms with Gasteiger partial charge in [-0.15, -0.1) is 0 Å². The van der Waals surface area contributed by atoms with E-state index in [1.807, 2.05) is 0 Å². The average molecular weight is 307 g/mol. The standard InChI is InChI=1S/C15H21N3S2/c1-5-16-13(8-19-15-17-9-18-20-15)14-11(3)6-10(2)7-12(14)4/h6-7,9,13,16H,5,8H2,1-4H3. The minimum absolute atomic E-state index is 0.356. The molecule has 1 heterocycles. The zero-order valence-corrected chi connectivity index (χ0v) is 14.1. The molecule has 1 unspecified atom stereocenters. The number of benzene rings is 1. The highest BCUT2D eigenvalue weighted by atomic mass is 32.2. The van der Waals surface area contributed by atoms with Gasteiger partial charge >= 0.3 is 0 Å². The quantitative estimate of drug-likeness (QED) is 0.821. The van der Waals surface area contributed by atoms with E-state index in [9.17, 15) is 0 Å². The molecule has 0 radical (unpaired) electrons. The van der Waals surface area contributed by atoms with Crippen molar-refractivity contribution in [1.82, 2.24) is 14.7 Å². The number of nitrogens with one attached hydrogen (secondary N) is 1. The number of nitrogens with zero attached hydrogens (tertiary/aromatic N) is 2. The highest BCUT2D eigenvalue weighted by Gasteiger charge is 2.16. The average Bonchev–Trinajstić information content (AvgIpc) is 2.87. The lowest BCUT2D eigenvalue weighted by molar-refractivity contribution is 0.600. The zero-order valence-electron chi connectivity index (χ0n) is 12.4. The second-order valence-electron chi connectivity index (χ2n) is 4.94. The van der Waals surface area contributed by atoms with Crippen LogP contribution in [-0.4, -0.2) is 21.7 Å². The van der Waals surface area contributed by atoms with Crippen LogP contribution in [0.5, 0.6) is 0 Å². The van der Waals surface area contributed by atoms with Crippen molar-refractivity contribution in [2.24, 2.45) is 0 Å². The molecular weight excluding hydrogens is 286 g/mol. The maximum absolute atomic E-state index is 4.24. The monoisotopic (exact) mass is 307 g/mol. The van der Waals surface area contributed by atoms with Gasteiger partial charge in [0.15, 0.2) is 4.34 Å². The van der Waals surface area contributed by atoms with Gasteiger partial charge in [-0.25, -0.2) is 4.98 Å². The summed E-state index contributed by atoms with van der Waals surface area (Å²) in [6, 6.07) is 4.89. The van der Waals surface area contributed by atoms with Gasteiger partial charge in [-0.1, -0.05) is 36.4 Å². The third kappa shape index (κ3) is 3.81.